The molecule has 1 atom stereocenters. The third-order valence-electron chi connectivity index (χ3n) is 6.36. The summed E-state index contributed by atoms with van der Waals surface area (Å²) in [5, 5.41) is 12.9. The van der Waals surface area contributed by atoms with Gasteiger partial charge in [0, 0.05) is 35.3 Å². The van der Waals surface area contributed by atoms with E-state index < -0.39 is 33.0 Å². The van der Waals surface area contributed by atoms with Crippen LogP contribution in [0.1, 0.15) is 40.4 Å². The van der Waals surface area contributed by atoms with Crippen LogP contribution in [0.3, 0.4) is 0 Å². The summed E-state index contributed by atoms with van der Waals surface area (Å²) in [6, 6.07) is 16.8. The fourth-order valence-corrected chi connectivity index (χ4v) is 5.69. The van der Waals surface area contributed by atoms with E-state index in [2.05, 4.69) is 15.4 Å². The van der Waals surface area contributed by atoms with Gasteiger partial charge in [-0.15, -0.1) is 0 Å². The maximum Gasteiger partial charge on any atom is 0.257 e. The second-order valence-electron chi connectivity index (χ2n) is 9.45. The minimum Gasteiger partial charge on any atom is -0.483 e. The monoisotopic (exact) mass is 614 g/mol. The molecule has 0 bridgehead atoms. The maximum atomic E-state index is 13.6. The van der Waals surface area contributed by atoms with Gasteiger partial charge in [0.15, 0.2) is 6.61 Å². The number of amidine groups is 1. The Morgan fingerprint density at radius 1 is 1.00 bits per heavy atom. The minimum atomic E-state index is -4.29. The zero-order chi connectivity index (χ0) is 31.1. The molecule has 8 N–H and O–H groups in total. The molecule has 0 aliphatic rings. The van der Waals surface area contributed by atoms with Crippen molar-refractivity contribution in [3.8, 4) is 5.75 Å². The Balaban J connectivity index is 1.85. The van der Waals surface area contributed by atoms with Gasteiger partial charge in [0.1, 0.15) is 16.3 Å². The lowest BCUT2D eigenvalue weighted by atomic mass is 9.96. The van der Waals surface area contributed by atoms with E-state index in [9.17, 15) is 22.8 Å². The summed E-state index contributed by atoms with van der Waals surface area (Å²) >= 11 is 6.23. The number of hydrogen-bond acceptors (Lipinski definition) is 7. The van der Waals surface area contributed by atoms with E-state index >= 15 is 0 Å². The van der Waals surface area contributed by atoms with Crippen LogP contribution < -0.4 is 31.6 Å². The molecule has 0 saturated carbocycles. The first-order valence-electron chi connectivity index (χ1n) is 12.5. The molecule has 14 heteroatoms. The van der Waals surface area contributed by atoms with E-state index in [0.29, 0.717) is 16.7 Å². The van der Waals surface area contributed by atoms with Crippen LogP contribution in [0.4, 0.5) is 5.69 Å². The summed E-state index contributed by atoms with van der Waals surface area (Å²) in [7, 11) is -2.83. The van der Waals surface area contributed by atoms with Crippen LogP contribution in [0.5, 0.6) is 5.75 Å². The SMILES string of the molecule is CNC(=O)COc1cc(C(=N)N)ccc1CNC(=O)c1cc(Cl)cc(NS(=O)(=O)C(C)(CC(N)=O)c2ccccc2)c1. The van der Waals surface area contributed by atoms with Crippen LogP contribution in [-0.2, 0) is 30.9 Å². The number of nitrogen functional groups attached to an aromatic ring is 1. The Hall–Kier alpha value is -4.62. The fraction of sp³-hybridized carbons (Fsp3) is 0.214. The Bertz CT molecular complexity index is 1620. The number of rotatable bonds is 13. The number of halogens is 1. The molecule has 1 unspecified atom stereocenters. The van der Waals surface area contributed by atoms with Gasteiger partial charge in [0.2, 0.25) is 15.9 Å². The molecule has 222 valence electrons. The van der Waals surface area contributed by atoms with Crippen LogP contribution in [0.2, 0.25) is 5.02 Å². The predicted octanol–water partition coefficient (Wildman–Crippen LogP) is 2.21. The molecule has 3 aromatic carbocycles. The van der Waals surface area contributed by atoms with Gasteiger partial charge >= 0.3 is 0 Å². The van der Waals surface area contributed by atoms with Crippen molar-refractivity contribution in [2.24, 2.45) is 11.5 Å². The Morgan fingerprint density at radius 2 is 1.69 bits per heavy atom. The number of sulfonamides is 1. The van der Waals surface area contributed by atoms with Crippen molar-refractivity contribution in [2.75, 3.05) is 18.4 Å². The van der Waals surface area contributed by atoms with Crippen molar-refractivity contribution in [1.29, 1.82) is 5.41 Å². The zero-order valence-corrected chi connectivity index (χ0v) is 24.4. The number of anilines is 1. The molecule has 0 aliphatic heterocycles. The minimum absolute atomic E-state index is 0.000289. The van der Waals surface area contributed by atoms with Gasteiger partial charge in [-0.3, -0.25) is 24.5 Å². The first-order chi connectivity index (χ1) is 19.8. The van der Waals surface area contributed by atoms with Crippen molar-refractivity contribution in [2.45, 2.75) is 24.6 Å². The first kappa shape index (κ1) is 31.9. The van der Waals surface area contributed by atoms with Gasteiger partial charge in [-0.05, 0) is 36.8 Å². The van der Waals surface area contributed by atoms with Gasteiger partial charge in [-0.1, -0.05) is 54.1 Å². The summed E-state index contributed by atoms with van der Waals surface area (Å²) in [5.74, 6) is -1.75. The van der Waals surface area contributed by atoms with E-state index in [1.807, 2.05) is 0 Å². The summed E-state index contributed by atoms with van der Waals surface area (Å²) < 4.78 is 33.4. The summed E-state index contributed by atoms with van der Waals surface area (Å²) in [4.78, 5) is 36.6. The number of benzene rings is 3. The van der Waals surface area contributed by atoms with Crippen molar-refractivity contribution in [3.63, 3.8) is 0 Å². The Kier molecular flexibility index (Phi) is 10.1. The Morgan fingerprint density at radius 3 is 2.31 bits per heavy atom. The number of carbonyl (C=O) groups excluding carboxylic acids is 3. The molecule has 42 heavy (non-hydrogen) atoms. The van der Waals surface area contributed by atoms with E-state index in [1.165, 1.54) is 38.2 Å². The molecular formula is C28H31ClN6O6S. The van der Waals surface area contributed by atoms with Crippen LogP contribution in [-0.4, -0.2) is 45.6 Å². The van der Waals surface area contributed by atoms with Crippen LogP contribution in [0.15, 0.2) is 66.7 Å². The number of nitrogens with two attached hydrogens (primary N) is 2. The number of ether oxygens (including phenoxy) is 1. The molecule has 0 heterocycles. The highest BCUT2D eigenvalue weighted by Gasteiger charge is 2.42. The van der Waals surface area contributed by atoms with Gasteiger partial charge in [0.25, 0.3) is 11.8 Å². The quantitative estimate of drug-likeness (QED) is 0.125. The van der Waals surface area contributed by atoms with E-state index in [4.69, 9.17) is 33.2 Å². The zero-order valence-electron chi connectivity index (χ0n) is 22.9. The molecular weight excluding hydrogens is 584 g/mol. The molecule has 0 saturated heterocycles. The van der Waals surface area contributed by atoms with Crippen molar-refractivity contribution < 1.29 is 27.5 Å². The average Bonchev–Trinajstić information content (AvgIpc) is 2.94. The molecule has 12 nitrogen and oxygen atoms in total. The summed E-state index contributed by atoms with van der Waals surface area (Å²) in [5.41, 5.74) is 12.2. The van der Waals surface area contributed by atoms with E-state index in [1.54, 1.807) is 42.5 Å². The topological polar surface area (TPSA) is 207 Å². The number of likely N-dealkylation sites (N-methyl/N-ethyl adjacent to an activating group) is 1. The van der Waals surface area contributed by atoms with Crippen LogP contribution in [0.25, 0.3) is 0 Å². The standard InChI is InChI=1S/C28H31ClN6O6S/c1-28(14-24(30)36,20-6-4-3-5-7-20)42(39,40)35-22-11-19(10-21(29)13-22)27(38)34-15-18-9-8-17(26(31)32)12-23(18)41-16-25(37)33-2/h3-13,35H,14-16H2,1-2H3,(H2,30,36)(H3,31,32)(H,33,37)(H,34,38). The van der Waals surface area contributed by atoms with Crippen LogP contribution >= 0.6 is 11.6 Å². The predicted molar refractivity (Wildman–Crippen MR) is 160 cm³/mol. The van der Waals surface area contributed by atoms with E-state index in [0.717, 1.165) is 0 Å². The normalized spacial score (nSPS) is 12.5. The third kappa shape index (κ3) is 7.77. The third-order valence-corrected chi connectivity index (χ3v) is 8.65. The Labute approximate surface area is 248 Å². The molecule has 0 radical (unpaired) electrons. The molecule has 0 aromatic heterocycles. The van der Waals surface area contributed by atoms with Crippen molar-refractivity contribution >= 4 is 50.9 Å². The lowest BCUT2D eigenvalue weighted by Gasteiger charge is -2.29. The molecule has 0 spiro atoms. The largest absolute Gasteiger partial charge is 0.483 e. The van der Waals surface area contributed by atoms with Gasteiger partial charge < -0.3 is 26.8 Å². The highest BCUT2D eigenvalue weighted by atomic mass is 35.5. The van der Waals surface area contributed by atoms with Crippen LogP contribution in [0, 0.1) is 5.41 Å². The van der Waals surface area contributed by atoms with Crippen molar-refractivity contribution in [3.05, 3.63) is 94.0 Å². The number of nitrogens with one attached hydrogen (secondary N) is 4. The highest BCUT2D eigenvalue weighted by molar-refractivity contribution is 7.93. The van der Waals surface area contributed by atoms with Gasteiger partial charge in [-0.25, -0.2) is 8.42 Å². The second kappa shape index (κ2) is 13.4. The summed E-state index contributed by atoms with van der Waals surface area (Å²) in [6.07, 6.45) is -0.493. The number of hydrogen-bond donors (Lipinski definition) is 6. The number of carbonyl (C=O) groups is 3. The number of primary amides is 1. The van der Waals surface area contributed by atoms with Gasteiger partial charge in [0.05, 0.1) is 12.1 Å². The lowest BCUT2D eigenvalue weighted by molar-refractivity contribution is -0.122. The second-order valence-corrected chi connectivity index (χ2v) is 12.0. The summed E-state index contributed by atoms with van der Waals surface area (Å²) in [6.45, 7) is 1.04. The lowest BCUT2D eigenvalue weighted by Crippen LogP contribution is -2.40. The molecule has 0 fully saturated rings. The molecule has 3 rings (SSSR count). The first-order valence-corrected chi connectivity index (χ1v) is 14.4. The average molecular weight is 615 g/mol. The molecule has 0 aliphatic carbocycles. The highest BCUT2D eigenvalue weighted by Crippen LogP contribution is 2.35. The van der Waals surface area contributed by atoms with E-state index in [-0.39, 0.29) is 46.9 Å². The van der Waals surface area contributed by atoms with Crippen molar-refractivity contribution in [1.82, 2.24) is 10.6 Å². The molecule has 3 amide bonds. The van der Waals surface area contributed by atoms with Gasteiger partial charge in [-0.2, -0.15) is 0 Å². The fourth-order valence-electron chi connectivity index (χ4n) is 4.02. The maximum absolute atomic E-state index is 13.6. The number of amides is 3. The smallest absolute Gasteiger partial charge is 0.257 e. The molecule has 3 aromatic rings.